The Morgan fingerprint density at radius 1 is 1.23 bits per heavy atom. The van der Waals surface area contributed by atoms with E-state index >= 15 is 0 Å². The summed E-state index contributed by atoms with van der Waals surface area (Å²) in [5.41, 5.74) is 4.83. The van der Waals surface area contributed by atoms with Gasteiger partial charge in [-0.1, -0.05) is 20.8 Å². The Labute approximate surface area is 154 Å². The number of methoxy groups -OCH3 is 1. The third-order valence-corrected chi connectivity index (χ3v) is 5.28. The molecule has 26 heavy (non-hydrogen) atoms. The average molecular weight is 353 g/mol. The standard InChI is InChI=1S/C21H27N3O2/c1-7-13(3)18-11-14(4)24-19(18)21(25)23(5)20(22-24)17-10-9-16(26-6)12-15(17)8-2/h9-13H,7-8H2,1-6H3. The van der Waals surface area contributed by atoms with E-state index < -0.39 is 0 Å². The molecule has 0 aliphatic heterocycles. The van der Waals surface area contributed by atoms with Crippen LogP contribution in [0.1, 0.15) is 49.9 Å². The highest BCUT2D eigenvalue weighted by atomic mass is 16.5. The van der Waals surface area contributed by atoms with Crippen LogP contribution in [0.25, 0.3) is 16.9 Å². The van der Waals surface area contributed by atoms with Gasteiger partial charge in [0, 0.05) is 18.3 Å². The summed E-state index contributed by atoms with van der Waals surface area (Å²) in [7, 11) is 3.46. The maximum Gasteiger partial charge on any atom is 0.278 e. The van der Waals surface area contributed by atoms with Gasteiger partial charge in [-0.25, -0.2) is 4.52 Å². The van der Waals surface area contributed by atoms with Crippen molar-refractivity contribution in [1.29, 1.82) is 0 Å². The molecule has 0 N–H and O–H groups in total. The third kappa shape index (κ3) is 2.81. The number of aromatic nitrogens is 3. The highest BCUT2D eigenvalue weighted by molar-refractivity contribution is 5.65. The highest BCUT2D eigenvalue weighted by Crippen LogP contribution is 2.28. The molecule has 0 aliphatic carbocycles. The van der Waals surface area contributed by atoms with Gasteiger partial charge >= 0.3 is 0 Å². The number of hydrogen-bond donors (Lipinski definition) is 0. The molecule has 0 saturated heterocycles. The summed E-state index contributed by atoms with van der Waals surface area (Å²) in [5.74, 6) is 1.82. The van der Waals surface area contributed by atoms with Crippen LogP contribution >= 0.6 is 0 Å². The topological polar surface area (TPSA) is 48.5 Å². The summed E-state index contributed by atoms with van der Waals surface area (Å²) in [6.45, 7) is 8.39. The van der Waals surface area contributed by atoms with Gasteiger partial charge in [-0.15, -0.1) is 5.10 Å². The first-order valence-corrected chi connectivity index (χ1v) is 9.19. The van der Waals surface area contributed by atoms with Gasteiger partial charge in [0.05, 0.1) is 7.11 Å². The Morgan fingerprint density at radius 2 is 1.96 bits per heavy atom. The molecule has 0 saturated carbocycles. The maximum absolute atomic E-state index is 13.2. The van der Waals surface area contributed by atoms with Crippen LogP contribution in [-0.4, -0.2) is 21.3 Å². The van der Waals surface area contributed by atoms with E-state index in [1.165, 1.54) is 0 Å². The van der Waals surface area contributed by atoms with Crippen LogP contribution < -0.4 is 10.3 Å². The van der Waals surface area contributed by atoms with Gasteiger partial charge < -0.3 is 4.74 Å². The second-order valence-corrected chi connectivity index (χ2v) is 6.88. The van der Waals surface area contributed by atoms with Crippen LogP contribution in [0, 0.1) is 6.92 Å². The number of ether oxygens (including phenoxy) is 1. The summed E-state index contributed by atoms with van der Waals surface area (Å²) in [6, 6.07) is 8.01. The summed E-state index contributed by atoms with van der Waals surface area (Å²) in [6.07, 6.45) is 1.83. The van der Waals surface area contributed by atoms with Crippen molar-refractivity contribution in [2.75, 3.05) is 7.11 Å². The lowest BCUT2D eigenvalue weighted by Crippen LogP contribution is -2.24. The van der Waals surface area contributed by atoms with Gasteiger partial charge in [-0.2, -0.15) is 0 Å². The lowest BCUT2D eigenvalue weighted by molar-refractivity contribution is 0.414. The molecule has 2 aromatic heterocycles. The largest absolute Gasteiger partial charge is 0.497 e. The van der Waals surface area contributed by atoms with E-state index in [1.807, 2.05) is 29.6 Å². The van der Waals surface area contributed by atoms with Crippen LogP contribution in [0.5, 0.6) is 5.75 Å². The molecule has 0 aliphatic rings. The molecular weight excluding hydrogens is 326 g/mol. The van der Waals surface area contributed by atoms with E-state index in [0.717, 1.165) is 41.0 Å². The van der Waals surface area contributed by atoms with E-state index in [9.17, 15) is 4.79 Å². The zero-order chi connectivity index (χ0) is 19.0. The van der Waals surface area contributed by atoms with Crippen molar-refractivity contribution in [2.45, 2.75) is 46.5 Å². The molecule has 0 amide bonds. The number of benzene rings is 1. The van der Waals surface area contributed by atoms with Gasteiger partial charge in [0.15, 0.2) is 5.82 Å². The Bertz CT molecular complexity index is 1010. The zero-order valence-electron chi connectivity index (χ0n) is 16.5. The lowest BCUT2D eigenvalue weighted by Gasteiger charge is -2.14. The third-order valence-electron chi connectivity index (χ3n) is 5.28. The molecule has 5 nitrogen and oxygen atoms in total. The van der Waals surface area contributed by atoms with Crippen molar-refractivity contribution in [3.05, 3.63) is 51.4 Å². The molecule has 3 aromatic rings. The number of nitrogens with zero attached hydrogens (tertiary/aromatic N) is 3. The van der Waals surface area contributed by atoms with Crippen molar-refractivity contribution in [3.63, 3.8) is 0 Å². The van der Waals surface area contributed by atoms with Gasteiger partial charge in [-0.3, -0.25) is 9.36 Å². The SMILES string of the molecule is CCc1cc(OC)ccc1-c1nn2c(C)cc(C(C)CC)c2c(=O)n1C. The lowest BCUT2D eigenvalue weighted by atomic mass is 10.00. The minimum Gasteiger partial charge on any atom is -0.497 e. The van der Waals surface area contributed by atoms with Crippen LogP contribution in [0.2, 0.25) is 0 Å². The molecule has 1 unspecified atom stereocenters. The number of fused-ring (bicyclic) bond motifs is 1. The molecule has 1 aromatic carbocycles. The molecule has 0 bridgehead atoms. The highest BCUT2D eigenvalue weighted by Gasteiger charge is 2.20. The zero-order valence-corrected chi connectivity index (χ0v) is 16.5. The minimum absolute atomic E-state index is 0.00345. The van der Waals surface area contributed by atoms with E-state index in [2.05, 4.69) is 26.8 Å². The van der Waals surface area contributed by atoms with Crippen LogP contribution in [0.15, 0.2) is 29.1 Å². The van der Waals surface area contributed by atoms with Crippen molar-refractivity contribution in [2.24, 2.45) is 7.05 Å². The van der Waals surface area contributed by atoms with E-state index in [4.69, 9.17) is 9.84 Å². The predicted octanol–water partition coefficient (Wildman–Crippen LogP) is 4.09. The van der Waals surface area contributed by atoms with Crippen LogP contribution in [-0.2, 0) is 13.5 Å². The molecular formula is C21H27N3O2. The molecule has 0 fully saturated rings. The van der Waals surface area contributed by atoms with Gasteiger partial charge in [0.25, 0.3) is 5.56 Å². The fourth-order valence-electron chi connectivity index (χ4n) is 3.45. The molecule has 5 heteroatoms. The summed E-state index contributed by atoms with van der Waals surface area (Å²) < 4.78 is 8.82. The Morgan fingerprint density at radius 3 is 2.58 bits per heavy atom. The van der Waals surface area contributed by atoms with Crippen molar-refractivity contribution in [1.82, 2.24) is 14.2 Å². The minimum atomic E-state index is -0.00345. The number of rotatable bonds is 5. The molecule has 1 atom stereocenters. The molecule has 138 valence electrons. The maximum atomic E-state index is 13.2. The first kappa shape index (κ1) is 18.2. The normalized spacial score (nSPS) is 12.5. The predicted molar refractivity (Wildman–Crippen MR) is 105 cm³/mol. The van der Waals surface area contributed by atoms with E-state index in [0.29, 0.717) is 17.3 Å². The summed E-state index contributed by atoms with van der Waals surface area (Å²) in [4.78, 5) is 13.2. The van der Waals surface area contributed by atoms with Crippen LogP contribution in [0.4, 0.5) is 0 Å². The van der Waals surface area contributed by atoms with Gasteiger partial charge in [0.1, 0.15) is 11.3 Å². The Balaban J connectivity index is 2.32. The smallest absolute Gasteiger partial charge is 0.278 e. The number of aryl methyl sites for hydroxylation is 2. The van der Waals surface area contributed by atoms with Crippen molar-refractivity contribution < 1.29 is 4.74 Å². The summed E-state index contributed by atoms with van der Waals surface area (Å²) >= 11 is 0. The van der Waals surface area contributed by atoms with Crippen molar-refractivity contribution >= 4 is 5.52 Å². The average Bonchev–Trinajstić information content (AvgIpc) is 3.00. The monoisotopic (exact) mass is 353 g/mol. The quantitative estimate of drug-likeness (QED) is 0.694. The fourth-order valence-corrected chi connectivity index (χ4v) is 3.45. The van der Waals surface area contributed by atoms with Gasteiger partial charge in [-0.05, 0) is 61.1 Å². The summed E-state index contributed by atoms with van der Waals surface area (Å²) in [5, 5.41) is 4.85. The molecule has 2 heterocycles. The van der Waals surface area contributed by atoms with E-state index in [-0.39, 0.29) is 5.56 Å². The second kappa shape index (κ2) is 6.98. The Kier molecular flexibility index (Phi) is 4.90. The van der Waals surface area contributed by atoms with E-state index in [1.54, 1.807) is 18.7 Å². The molecule has 0 spiro atoms. The van der Waals surface area contributed by atoms with Crippen LogP contribution in [0.3, 0.4) is 0 Å². The number of hydrogen-bond acceptors (Lipinski definition) is 3. The first-order chi connectivity index (χ1) is 12.4. The second-order valence-electron chi connectivity index (χ2n) is 6.88. The Hall–Kier alpha value is -2.56. The molecule has 0 radical (unpaired) electrons. The fraction of sp³-hybridized carbons (Fsp3) is 0.429. The van der Waals surface area contributed by atoms with Gasteiger partial charge in [0.2, 0.25) is 0 Å². The molecule has 3 rings (SSSR count). The van der Waals surface area contributed by atoms with Crippen molar-refractivity contribution in [3.8, 4) is 17.1 Å². The first-order valence-electron chi connectivity index (χ1n) is 9.19.